The fourth-order valence-corrected chi connectivity index (χ4v) is 3.23. The summed E-state index contributed by atoms with van der Waals surface area (Å²) in [5, 5.41) is 0.675. The smallest absolute Gasteiger partial charge is 0.218 e. The molecule has 82 valence electrons. The lowest BCUT2D eigenvalue weighted by Gasteiger charge is -2.23. The SMILES string of the molecule is O=[PH](O)c1ccccc1C1CCCCC1. The average molecular weight is 224 g/mol. The van der Waals surface area contributed by atoms with Crippen molar-refractivity contribution >= 4 is 13.3 Å². The Hall–Kier alpha value is -0.590. The molecule has 1 aromatic carbocycles. The Labute approximate surface area is 91.2 Å². The Morgan fingerprint density at radius 3 is 2.47 bits per heavy atom. The predicted molar refractivity (Wildman–Crippen MR) is 63.1 cm³/mol. The molecular formula is C12H17O2P. The second-order valence-electron chi connectivity index (χ2n) is 4.23. The third-order valence-corrected chi connectivity index (χ3v) is 4.15. The average Bonchev–Trinajstić information content (AvgIpc) is 2.30. The Bertz CT molecular complexity index is 356. The van der Waals surface area contributed by atoms with Gasteiger partial charge in [0.05, 0.1) is 0 Å². The van der Waals surface area contributed by atoms with Crippen molar-refractivity contribution < 1.29 is 9.46 Å². The van der Waals surface area contributed by atoms with Crippen LogP contribution in [0, 0.1) is 0 Å². The molecule has 15 heavy (non-hydrogen) atoms. The summed E-state index contributed by atoms with van der Waals surface area (Å²) in [4.78, 5) is 9.28. The summed E-state index contributed by atoms with van der Waals surface area (Å²) in [6.07, 6.45) is 6.17. The highest BCUT2D eigenvalue weighted by atomic mass is 31.1. The highest BCUT2D eigenvalue weighted by Gasteiger charge is 2.19. The fourth-order valence-electron chi connectivity index (χ4n) is 2.46. The molecule has 0 aromatic heterocycles. The van der Waals surface area contributed by atoms with Crippen molar-refractivity contribution in [3.63, 3.8) is 0 Å². The first-order valence-corrected chi connectivity index (χ1v) is 6.97. The van der Waals surface area contributed by atoms with E-state index in [0.29, 0.717) is 11.2 Å². The molecule has 1 fully saturated rings. The molecule has 1 N–H and O–H groups in total. The maximum Gasteiger partial charge on any atom is 0.218 e. The van der Waals surface area contributed by atoms with Crippen LogP contribution in [0.15, 0.2) is 24.3 Å². The highest BCUT2D eigenvalue weighted by Crippen LogP contribution is 2.34. The predicted octanol–water partition coefficient (Wildman–Crippen LogP) is 2.83. The molecule has 0 saturated heterocycles. The van der Waals surface area contributed by atoms with E-state index in [1.54, 1.807) is 6.07 Å². The Morgan fingerprint density at radius 1 is 1.13 bits per heavy atom. The Kier molecular flexibility index (Phi) is 3.61. The fraction of sp³-hybridized carbons (Fsp3) is 0.500. The van der Waals surface area contributed by atoms with E-state index >= 15 is 0 Å². The highest BCUT2D eigenvalue weighted by molar-refractivity contribution is 7.47. The summed E-state index contributed by atoms with van der Waals surface area (Å²) in [6.45, 7) is 0. The molecule has 1 aliphatic rings. The molecule has 3 heteroatoms. The summed E-state index contributed by atoms with van der Waals surface area (Å²) in [7, 11) is -2.54. The molecule has 0 spiro atoms. The van der Waals surface area contributed by atoms with Gasteiger partial charge in [0.1, 0.15) is 0 Å². The van der Waals surface area contributed by atoms with E-state index in [9.17, 15) is 9.46 Å². The maximum atomic E-state index is 11.2. The third-order valence-electron chi connectivity index (χ3n) is 3.24. The van der Waals surface area contributed by atoms with E-state index < -0.39 is 8.03 Å². The summed E-state index contributed by atoms with van der Waals surface area (Å²) < 4.78 is 11.2. The Balaban J connectivity index is 2.29. The van der Waals surface area contributed by atoms with E-state index in [4.69, 9.17) is 0 Å². The standard InChI is InChI=1S/C12H17O2P/c13-15(14)12-9-5-4-8-11(12)10-6-2-1-3-7-10/h4-5,8-10,15H,1-3,6-7H2,(H,13,14). The van der Waals surface area contributed by atoms with Crippen LogP contribution in [0.5, 0.6) is 0 Å². The first kappa shape index (κ1) is 10.9. The van der Waals surface area contributed by atoms with Crippen LogP contribution < -0.4 is 5.30 Å². The minimum Gasteiger partial charge on any atom is -0.343 e. The van der Waals surface area contributed by atoms with Gasteiger partial charge in [0.15, 0.2) is 0 Å². The van der Waals surface area contributed by atoms with Crippen molar-refractivity contribution in [1.29, 1.82) is 0 Å². The molecule has 1 unspecified atom stereocenters. The third kappa shape index (κ3) is 2.50. The lowest BCUT2D eigenvalue weighted by molar-refractivity contribution is 0.444. The van der Waals surface area contributed by atoms with Gasteiger partial charge in [-0.05, 0) is 30.4 Å². The minimum atomic E-state index is -2.54. The zero-order chi connectivity index (χ0) is 10.7. The molecular weight excluding hydrogens is 207 g/mol. The normalized spacial score (nSPS) is 20.1. The molecule has 1 aliphatic carbocycles. The summed E-state index contributed by atoms with van der Waals surface area (Å²) in [5.41, 5.74) is 1.11. The van der Waals surface area contributed by atoms with Crippen LogP contribution in [-0.2, 0) is 4.57 Å². The van der Waals surface area contributed by atoms with Crippen LogP contribution in [-0.4, -0.2) is 4.89 Å². The van der Waals surface area contributed by atoms with Crippen LogP contribution in [0.3, 0.4) is 0 Å². The summed E-state index contributed by atoms with van der Waals surface area (Å²) in [5.74, 6) is 0.510. The van der Waals surface area contributed by atoms with E-state index in [2.05, 4.69) is 0 Å². The number of rotatable bonds is 2. The van der Waals surface area contributed by atoms with Crippen molar-refractivity contribution in [3.8, 4) is 0 Å². The van der Waals surface area contributed by atoms with Crippen LogP contribution in [0.2, 0.25) is 0 Å². The van der Waals surface area contributed by atoms with Gasteiger partial charge in [-0.15, -0.1) is 0 Å². The van der Waals surface area contributed by atoms with Gasteiger partial charge in [0, 0.05) is 5.30 Å². The molecule has 1 saturated carbocycles. The van der Waals surface area contributed by atoms with Gasteiger partial charge in [0.2, 0.25) is 8.03 Å². The van der Waals surface area contributed by atoms with Crippen LogP contribution in [0.25, 0.3) is 0 Å². The van der Waals surface area contributed by atoms with Crippen LogP contribution in [0.1, 0.15) is 43.6 Å². The first-order chi connectivity index (χ1) is 7.29. The van der Waals surface area contributed by atoms with E-state index in [0.717, 1.165) is 5.56 Å². The van der Waals surface area contributed by atoms with Gasteiger partial charge in [-0.25, -0.2) is 0 Å². The monoisotopic (exact) mass is 224 g/mol. The molecule has 0 radical (unpaired) electrons. The lowest BCUT2D eigenvalue weighted by atomic mass is 9.84. The maximum absolute atomic E-state index is 11.2. The summed E-state index contributed by atoms with van der Waals surface area (Å²) >= 11 is 0. The molecule has 1 atom stereocenters. The second kappa shape index (κ2) is 4.96. The molecule has 2 nitrogen and oxygen atoms in total. The van der Waals surface area contributed by atoms with Crippen molar-refractivity contribution in [2.45, 2.75) is 38.0 Å². The van der Waals surface area contributed by atoms with Crippen molar-refractivity contribution in [3.05, 3.63) is 29.8 Å². The van der Waals surface area contributed by atoms with E-state index in [1.807, 2.05) is 18.2 Å². The van der Waals surface area contributed by atoms with Crippen molar-refractivity contribution in [2.24, 2.45) is 0 Å². The lowest BCUT2D eigenvalue weighted by Crippen LogP contribution is -2.13. The van der Waals surface area contributed by atoms with Gasteiger partial charge < -0.3 is 4.89 Å². The van der Waals surface area contributed by atoms with Crippen molar-refractivity contribution in [1.82, 2.24) is 0 Å². The van der Waals surface area contributed by atoms with Gasteiger partial charge in [-0.3, -0.25) is 4.57 Å². The first-order valence-electron chi connectivity index (χ1n) is 5.61. The summed E-state index contributed by atoms with van der Waals surface area (Å²) in [6, 6.07) is 7.63. The molecule has 1 aromatic rings. The molecule has 0 heterocycles. The zero-order valence-electron chi connectivity index (χ0n) is 8.78. The molecule has 0 aliphatic heterocycles. The van der Waals surface area contributed by atoms with Gasteiger partial charge in [0.25, 0.3) is 0 Å². The minimum absolute atomic E-state index is 0.510. The molecule has 2 rings (SSSR count). The Morgan fingerprint density at radius 2 is 1.80 bits per heavy atom. The largest absolute Gasteiger partial charge is 0.343 e. The number of hydrogen-bond acceptors (Lipinski definition) is 1. The quantitative estimate of drug-likeness (QED) is 0.784. The van der Waals surface area contributed by atoms with E-state index in [-0.39, 0.29) is 0 Å². The topological polar surface area (TPSA) is 37.3 Å². The number of benzene rings is 1. The number of hydrogen-bond donors (Lipinski definition) is 1. The zero-order valence-corrected chi connectivity index (χ0v) is 9.78. The second-order valence-corrected chi connectivity index (χ2v) is 5.38. The van der Waals surface area contributed by atoms with Gasteiger partial charge in [-0.1, -0.05) is 37.5 Å². The van der Waals surface area contributed by atoms with Crippen LogP contribution in [0.4, 0.5) is 0 Å². The van der Waals surface area contributed by atoms with Crippen molar-refractivity contribution in [2.75, 3.05) is 0 Å². The van der Waals surface area contributed by atoms with E-state index in [1.165, 1.54) is 32.1 Å². The van der Waals surface area contributed by atoms with Gasteiger partial charge >= 0.3 is 0 Å². The van der Waals surface area contributed by atoms with Crippen LogP contribution >= 0.6 is 8.03 Å². The molecule has 0 bridgehead atoms. The molecule has 0 amide bonds. The van der Waals surface area contributed by atoms with Gasteiger partial charge in [-0.2, -0.15) is 0 Å².